The average Bonchev–Trinajstić information content (AvgIpc) is 2.80. The van der Waals surface area contributed by atoms with Crippen molar-refractivity contribution >= 4 is 5.91 Å². The number of likely N-dealkylation sites (tertiary alicyclic amines) is 1. The molecule has 1 aliphatic heterocycles. The van der Waals surface area contributed by atoms with E-state index in [0.717, 1.165) is 11.3 Å². The number of methoxy groups -OCH3 is 1. The third-order valence-corrected chi connectivity index (χ3v) is 3.94. The smallest absolute Gasteiger partial charge is 0.223 e. The Morgan fingerprint density at radius 2 is 1.95 bits per heavy atom. The molecule has 0 unspecified atom stereocenters. The summed E-state index contributed by atoms with van der Waals surface area (Å²) in [6.07, 6.45) is 0.00930. The van der Waals surface area contributed by atoms with Gasteiger partial charge >= 0.3 is 0 Å². The summed E-state index contributed by atoms with van der Waals surface area (Å²) in [5, 5.41) is 9.61. The van der Waals surface area contributed by atoms with Gasteiger partial charge < -0.3 is 14.7 Å². The molecule has 1 fully saturated rings. The quantitative estimate of drug-likeness (QED) is 0.903. The summed E-state index contributed by atoms with van der Waals surface area (Å²) < 4.78 is 5.13. The van der Waals surface area contributed by atoms with Gasteiger partial charge in [0.15, 0.2) is 0 Å². The highest BCUT2D eigenvalue weighted by Gasteiger charge is 2.35. The van der Waals surface area contributed by atoms with Crippen LogP contribution >= 0.6 is 0 Å². The molecule has 1 heterocycles. The molecule has 0 aromatic heterocycles. The molecular formula is C15H21NO3. The van der Waals surface area contributed by atoms with Crippen LogP contribution in [0.1, 0.15) is 31.9 Å². The van der Waals surface area contributed by atoms with Crippen LogP contribution in [0.4, 0.5) is 0 Å². The highest BCUT2D eigenvalue weighted by atomic mass is 16.5. The third kappa shape index (κ3) is 2.89. The maximum Gasteiger partial charge on any atom is 0.223 e. The number of hydrogen-bond donors (Lipinski definition) is 1. The van der Waals surface area contributed by atoms with Crippen LogP contribution in [0.15, 0.2) is 24.3 Å². The highest BCUT2D eigenvalue weighted by molar-refractivity contribution is 5.79. The lowest BCUT2D eigenvalue weighted by atomic mass is 10.0. The Balaban J connectivity index is 2.10. The predicted octanol–water partition coefficient (Wildman–Crippen LogP) is 1.99. The first kappa shape index (κ1) is 13.9. The summed E-state index contributed by atoms with van der Waals surface area (Å²) in [4.78, 5) is 13.9. The van der Waals surface area contributed by atoms with E-state index in [0.29, 0.717) is 13.0 Å². The van der Waals surface area contributed by atoms with Crippen LogP contribution in [-0.4, -0.2) is 35.7 Å². The first-order valence-electron chi connectivity index (χ1n) is 6.64. The monoisotopic (exact) mass is 263 g/mol. The first-order chi connectivity index (χ1) is 9.02. The molecule has 4 nitrogen and oxygen atoms in total. The lowest BCUT2D eigenvalue weighted by molar-refractivity contribution is -0.129. The molecule has 0 spiro atoms. The molecule has 3 atom stereocenters. The Morgan fingerprint density at radius 1 is 1.32 bits per heavy atom. The second-order valence-electron chi connectivity index (χ2n) is 5.20. The summed E-state index contributed by atoms with van der Waals surface area (Å²) in [5.74, 6) is 0.980. The van der Waals surface area contributed by atoms with Gasteiger partial charge in [0, 0.05) is 18.9 Å². The zero-order chi connectivity index (χ0) is 14.0. The number of aliphatic hydroxyl groups is 1. The summed E-state index contributed by atoms with van der Waals surface area (Å²) in [7, 11) is 1.63. The Morgan fingerprint density at radius 3 is 2.42 bits per heavy atom. The largest absolute Gasteiger partial charge is 0.497 e. The second-order valence-corrected chi connectivity index (χ2v) is 5.20. The van der Waals surface area contributed by atoms with Crippen LogP contribution in [0.5, 0.6) is 5.75 Å². The summed E-state index contributed by atoms with van der Waals surface area (Å²) >= 11 is 0. The highest BCUT2D eigenvalue weighted by Crippen LogP contribution is 2.30. The fourth-order valence-corrected chi connectivity index (χ4v) is 2.52. The molecule has 19 heavy (non-hydrogen) atoms. The second kappa shape index (κ2) is 5.61. The van der Waals surface area contributed by atoms with Crippen molar-refractivity contribution < 1.29 is 14.6 Å². The minimum absolute atomic E-state index is 0.0298. The van der Waals surface area contributed by atoms with E-state index in [1.165, 1.54) is 0 Å². The molecule has 0 saturated carbocycles. The van der Waals surface area contributed by atoms with Gasteiger partial charge in [0.2, 0.25) is 5.91 Å². The van der Waals surface area contributed by atoms with Gasteiger partial charge in [0.1, 0.15) is 5.75 Å². The van der Waals surface area contributed by atoms with Gasteiger partial charge in [-0.3, -0.25) is 4.79 Å². The van der Waals surface area contributed by atoms with Gasteiger partial charge in [-0.15, -0.1) is 0 Å². The van der Waals surface area contributed by atoms with E-state index >= 15 is 0 Å². The summed E-state index contributed by atoms with van der Waals surface area (Å²) in [5.41, 5.74) is 1.08. The molecule has 104 valence electrons. The number of nitrogens with zero attached hydrogens (tertiary/aromatic N) is 1. The minimum atomic E-state index is -0.433. The Hall–Kier alpha value is -1.55. The van der Waals surface area contributed by atoms with E-state index in [4.69, 9.17) is 4.74 Å². The molecule has 1 saturated heterocycles. The van der Waals surface area contributed by atoms with Crippen molar-refractivity contribution in [2.75, 3.05) is 13.7 Å². The fraction of sp³-hybridized carbons (Fsp3) is 0.533. The van der Waals surface area contributed by atoms with E-state index in [-0.39, 0.29) is 17.9 Å². The maximum atomic E-state index is 12.0. The molecule has 0 aliphatic carbocycles. The van der Waals surface area contributed by atoms with Crippen LogP contribution in [-0.2, 0) is 4.79 Å². The molecule has 4 heteroatoms. The van der Waals surface area contributed by atoms with Gasteiger partial charge in [0.05, 0.1) is 19.3 Å². The first-order valence-corrected chi connectivity index (χ1v) is 6.64. The van der Waals surface area contributed by atoms with Gasteiger partial charge in [-0.05, 0) is 31.5 Å². The summed E-state index contributed by atoms with van der Waals surface area (Å²) in [6, 6.07) is 7.79. The molecule has 1 amide bonds. The lowest BCUT2D eigenvalue weighted by Crippen LogP contribution is -2.29. The molecule has 2 rings (SSSR count). The van der Waals surface area contributed by atoms with Crippen LogP contribution in [0.3, 0.4) is 0 Å². The van der Waals surface area contributed by atoms with Crippen molar-refractivity contribution in [2.24, 2.45) is 5.92 Å². The normalized spacial score (nSPS) is 22.4. The Bertz CT molecular complexity index is 441. The predicted molar refractivity (Wildman–Crippen MR) is 72.9 cm³/mol. The number of ether oxygens (including phenoxy) is 1. The Kier molecular flexibility index (Phi) is 4.10. The number of benzene rings is 1. The fourth-order valence-electron chi connectivity index (χ4n) is 2.52. The molecular weight excluding hydrogens is 242 g/mol. The number of carbonyl (C=O) groups excluding carboxylic acids is 1. The average molecular weight is 263 g/mol. The van der Waals surface area contributed by atoms with E-state index in [9.17, 15) is 9.90 Å². The van der Waals surface area contributed by atoms with Crippen LogP contribution < -0.4 is 4.74 Å². The molecule has 1 aliphatic rings. The van der Waals surface area contributed by atoms with E-state index in [1.807, 2.05) is 36.1 Å². The molecule has 0 radical (unpaired) electrons. The number of hydrogen-bond acceptors (Lipinski definition) is 3. The number of carbonyl (C=O) groups is 1. The van der Waals surface area contributed by atoms with Crippen molar-refractivity contribution in [3.63, 3.8) is 0 Å². The Labute approximate surface area is 114 Å². The van der Waals surface area contributed by atoms with Gasteiger partial charge in [-0.25, -0.2) is 0 Å². The molecule has 1 N–H and O–H groups in total. The van der Waals surface area contributed by atoms with Crippen molar-refractivity contribution in [3.05, 3.63) is 29.8 Å². The number of amides is 1. The van der Waals surface area contributed by atoms with Crippen LogP contribution in [0, 0.1) is 5.92 Å². The van der Waals surface area contributed by atoms with Crippen molar-refractivity contribution in [1.82, 2.24) is 4.90 Å². The van der Waals surface area contributed by atoms with Crippen molar-refractivity contribution in [1.29, 1.82) is 0 Å². The van der Waals surface area contributed by atoms with Gasteiger partial charge in [-0.2, -0.15) is 0 Å². The van der Waals surface area contributed by atoms with Crippen LogP contribution in [0.2, 0.25) is 0 Å². The lowest BCUT2D eigenvalue weighted by Gasteiger charge is -2.25. The van der Waals surface area contributed by atoms with Gasteiger partial charge in [0.25, 0.3) is 0 Å². The molecule has 1 aromatic carbocycles. The van der Waals surface area contributed by atoms with E-state index < -0.39 is 6.10 Å². The van der Waals surface area contributed by atoms with Crippen molar-refractivity contribution in [3.8, 4) is 5.75 Å². The SMILES string of the molecule is COc1ccc([C@@H](C)N2C[C@@H]([C@H](C)O)CC2=O)cc1. The zero-order valence-corrected chi connectivity index (χ0v) is 11.7. The maximum absolute atomic E-state index is 12.0. The van der Waals surface area contributed by atoms with E-state index in [1.54, 1.807) is 14.0 Å². The van der Waals surface area contributed by atoms with E-state index in [2.05, 4.69) is 0 Å². The number of aliphatic hydroxyl groups excluding tert-OH is 1. The van der Waals surface area contributed by atoms with Crippen molar-refractivity contribution in [2.45, 2.75) is 32.4 Å². The topological polar surface area (TPSA) is 49.8 Å². The van der Waals surface area contributed by atoms with Crippen LogP contribution in [0.25, 0.3) is 0 Å². The third-order valence-electron chi connectivity index (χ3n) is 3.94. The zero-order valence-electron chi connectivity index (χ0n) is 11.7. The molecule has 0 bridgehead atoms. The van der Waals surface area contributed by atoms with Gasteiger partial charge in [-0.1, -0.05) is 12.1 Å². The molecule has 1 aromatic rings. The minimum Gasteiger partial charge on any atom is -0.497 e. The number of rotatable bonds is 4. The summed E-state index contributed by atoms with van der Waals surface area (Å²) in [6.45, 7) is 4.40. The standard InChI is InChI=1S/C15H21NO3/c1-10(12-4-6-14(19-3)7-5-12)16-9-13(11(2)17)8-15(16)18/h4-7,10-11,13,17H,8-9H2,1-3H3/t10-,11+,13+/m1/s1.